The Morgan fingerprint density at radius 1 is 1.56 bits per heavy atom. The van der Waals surface area contributed by atoms with E-state index in [1.807, 2.05) is 0 Å². The van der Waals surface area contributed by atoms with E-state index in [2.05, 4.69) is 4.98 Å². The average Bonchev–Trinajstić information content (AvgIpc) is 2.19. The number of hydrogen-bond donors (Lipinski definition) is 0. The van der Waals surface area contributed by atoms with Gasteiger partial charge in [0.05, 0.1) is 11.1 Å². The van der Waals surface area contributed by atoms with Crippen LogP contribution in [0.4, 0.5) is 13.2 Å². The minimum absolute atomic E-state index is 0.284. The van der Waals surface area contributed by atoms with Gasteiger partial charge in [0.25, 0.3) is 0 Å². The van der Waals surface area contributed by atoms with Crippen LogP contribution in [0.3, 0.4) is 0 Å². The molecule has 1 unspecified atom stereocenters. The molecule has 0 saturated carbocycles. The second-order valence-corrected chi connectivity index (χ2v) is 4.24. The maximum atomic E-state index is 12.2. The van der Waals surface area contributed by atoms with Crippen LogP contribution in [-0.2, 0) is 0 Å². The molecule has 16 heavy (non-hydrogen) atoms. The van der Waals surface area contributed by atoms with Crippen molar-refractivity contribution in [1.82, 2.24) is 4.98 Å². The largest absolute Gasteiger partial charge is 0.405 e. The van der Waals surface area contributed by atoms with Crippen molar-refractivity contribution in [2.45, 2.75) is 11.2 Å². The van der Waals surface area contributed by atoms with Gasteiger partial charge in [0.2, 0.25) is 0 Å². The smallest absolute Gasteiger partial charge is 0.248 e. The first-order valence-corrected chi connectivity index (χ1v) is 5.51. The van der Waals surface area contributed by atoms with Crippen molar-refractivity contribution >= 4 is 23.4 Å². The Morgan fingerprint density at radius 3 is 2.75 bits per heavy atom. The van der Waals surface area contributed by atoms with Gasteiger partial charge in [-0.05, 0) is 12.1 Å². The molecule has 0 N–H and O–H groups in total. The molecule has 86 valence electrons. The Labute approximate surface area is 99.4 Å². The number of aromatic nitrogens is 1. The van der Waals surface area contributed by atoms with Crippen molar-refractivity contribution in [3.05, 3.63) is 23.4 Å². The lowest BCUT2D eigenvalue weighted by atomic mass is 10.2. The molecule has 0 aliphatic carbocycles. The monoisotopic (exact) mass is 266 g/mol. The zero-order valence-electron chi connectivity index (χ0n) is 7.83. The highest BCUT2D eigenvalue weighted by molar-refractivity contribution is 7.99. The normalized spacial score (nSPS) is 13.2. The summed E-state index contributed by atoms with van der Waals surface area (Å²) in [6.45, 7) is 0. The number of nitrogens with zero attached hydrogens (tertiary/aromatic N) is 2. The lowest BCUT2D eigenvalue weighted by molar-refractivity contribution is -0.152. The zero-order valence-corrected chi connectivity index (χ0v) is 9.40. The molecule has 1 heterocycles. The molecule has 1 atom stereocenters. The van der Waals surface area contributed by atoms with Crippen molar-refractivity contribution in [1.29, 1.82) is 5.26 Å². The molecular formula is C9H6ClF3N2S. The van der Waals surface area contributed by atoms with Crippen LogP contribution >= 0.6 is 23.4 Å². The van der Waals surface area contributed by atoms with Gasteiger partial charge < -0.3 is 0 Å². The summed E-state index contributed by atoms with van der Waals surface area (Å²) in [6.07, 6.45) is -3.08. The molecule has 7 heteroatoms. The highest BCUT2D eigenvalue weighted by Gasteiger charge is 2.39. The third-order valence-electron chi connectivity index (χ3n) is 1.66. The van der Waals surface area contributed by atoms with Crippen molar-refractivity contribution in [3.63, 3.8) is 0 Å². The number of hydrogen-bond acceptors (Lipinski definition) is 3. The fourth-order valence-electron chi connectivity index (χ4n) is 0.845. The summed E-state index contributed by atoms with van der Waals surface area (Å²) in [6, 6.07) is 4.33. The van der Waals surface area contributed by atoms with Crippen LogP contribution in [0, 0.1) is 17.2 Å². The van der Waals surface area contributed by atoms with Crippen molar-refractivity contribution in [2.75, 3.05) is 5.75 Å². The Balaban J connectivity index is 2.65. The maximum absolute atomic E-state index is 12.2. The molecule has 1 rings (SSSR count). The van der Waals surface area contributed by atoms with Gasteiger partial charge >= 0.3 is 6.18 Å². The third-order valence-corrected chi connectivity index (χ3v) is 3.18. The molecule has 0 spiro atoms. The lowest BCUT2D eigenvalue weighted by Crippen LogP contribution is -2.23. The number of thioether (sulfide) groups is 1. The molecule has 0 amide bonds. The maximum Gasteiger partial charge on any atom is 0.405 e. The van der Waals surface area contributed by atoms with E-state index in [4.69, 9.17) is 16.9 Å². The molecule has 1 aromatic heterocycles. The van der Waals surface area contributed by atoms with Crippen LogP contribution in [0.15, 0.2) is 23.4 Å². The quantitative estimate of drug-likeness (QED) is 0.786. The van der Waals surface area contributed by atoms with E-state index in [1.165, 1.54) is 18.3 Å². The van der Waals surface area contributed by atoms with Crippen LogP contribution in [0.1, 0.15) is 0 Å². The number of rotatable bonds is 3. The van der Waals surface area contributed by atoms with Crippen molar-refractivity contribution in [2.24, 2.45) is 5.92 Å². The molecule has 1 aromatic rings. The summed E-state index contributed by atoms with van der Waals surface area (Å²) < 4.78 is 36.7. The standard InChI is InChI=1S/C9H6ClF3N2S/c10-7-2-1-3-15-8(7)16-5-6(4-14)9(11,12)13/h1-3,6H,5H2. The lowest BCUT2D eigenvalue weighted by Gasteiger charge is -2.12. The van der Waals surface area contributed by atoms with Gasteiger partial charge in [-0.3, -0.25) is 0 Å². The molecular weight excluding hydrogens is 261 g/mol. The molecule has 0 bridgehead atoms. The third kappa shape index (κ3) is 3.58. The van der Waals surface area contributed by atoms with E-state index in [9.17, 15) is 13.2 Å². The van der Waals surface area contributed by atoms with Gasteiger partial charge in [0.15, 0.2) is 5.92 Å². The van der Waals surface area contributed by atoms with E-state index in [0.717, 1.165) is 11.8 Å². The van der Waals surface area contributed by atoms with Crippen LogP contribution in [0.2, 0.25) is 5.02 Å². The first-order valence-electron chi connectivity index (χ1n) is 4.15. The van der Waals surface area contributed by atoms with E-state index >= 15 is 0 Å². The van der Waals surface area contributed by atoms with Gasteiger partial charge in [-0.2, -0.15) is 18.4 Å². The minimum Gasteiger partial charge on any atom is -0.248 e. The average molecular weight is 267 g/mol. The predicted molar refractivity (Wildman–Crippen MR) is 55.1 cm³/mol. The van der Waals surface area contributed by atoms with Crippen molar-refractivity contribution < 1.29 is 13.2 Å². The second-order valence-electron chi connectivity index (χ2n) is 2.82. The molecule has 0 radical (unpaired) electrons. The molecule has 0 aromatic carbocycles. The Kier molecular flexibility index (Phi) is 4.44. The topological polar surface area (TPSA) is 36.7 Å². The minimum atomic E-state index is -4.51. The highest BCUT2D eigenvalue weighted by atomic mass is 35.5. The van der Waals surface area contributed by atoms with Gasteiger partial charge in [0, 0.05) is 11.9 Å². The summed E-state index contributed by atoms with van der Waals surface area (Å²) in [4.78, 5) is 3.82. The Hall–Kier alpha value is -0.930. The fraction of sp³-hybridized carbons (Fsp3) is 0.333. The second kappa shape index (κ2) is 5.41. The molecule has 0 saturated heterocycles. The number of pyridine rings is 1. The van der Waals surface area contributed by atoms with Gasteiger partial charge in [-0.25, -0.2) is 4.98 Å². The van der Waals surface area contributed by atoms with E-state index in [1.54, 1.807) is 6.07 Å². The van der Waals surface area contributed by atoms with Crippen LogP contribution in [0.25, 0.3) is 0 Å². The highest BCUT2D eigenvalue weighted by Crippen LogP contribution is 2.32. The summed E-state index contributed by atoms with van der Waals surface area (Å²) in [7, 11) is 0. The summed E-state index contributed by atoms with van der Waals surface area (Å²) in [5.74, 6) is -2.41. The summed E-state index contributed by atoms with van der Waals surface area (Å²) in [5.41, 5.74) is 0. The van der Waals surface area contributed by atoms with Crippen molar-refractivity contribution in [3.8, 4) is 6.07 Å². The van der Waals surface area contributed by atoms with Gasteiger partial charge in [-0.1, -0.05) is 11.6 Å². The number of nitriles is 1. The van der Waals surface area contributed by atoms with Crippen LogP contribution < -0.4 is 0 Å². The van der Waals surface area contributed by atoms with E-state index in [-0.39, 0.29) is 5.02 Å². The molecule has 0 aliphatic rings. The Morgan fingerprint density at radius 2 is 2.25 bits per heavy atom. The first kappa shape index (κ1) is 13.1. The number of alkyl halides is 3. The van der Waals surface area contributed by atoms with E-state index in [0.29, 0.717) is 5.03 Å². The van der Waals surface area contributed by atoms with Crippen LogP contribution in [0.5, 0.6) is 0 Å². The summed E-state index contributed by atoms with van der Waals surface area (Å²) in [5, 5.41) is 8.96. The Bertz CT molecular complexity index is 402. The SMILES string of the molecule is N#CC(CSc1ncccc1Cl)C(F)(F)F. The first-order chi connectivity index (χ1) is 7.45. The van der Waals surface area contributed by atoms with E-state index < -0.39 is 17.8 Å². The predicted octanol–water partition coefficient (Wildman–Crippen LogP) is 3.53. The van der Waals surface area contributed by atoms with Gasteiger partial charge in [-0.15, -0.1) is 11.8 Å². The van der Waals surface area contributed by atoms with Crippen LogP contribution in [-0.4, -0.2) is 16.9 Å². The molecule has 2 nitrogen and oxygen atoms in total. The van der Waals surface area contributed by atoms with Gasteiger partial charge in [0.1, 0.15) is 5.03 Å². The molecule has 0 fully saturated rings. The summed E-state index contributed by atoms with van der Waals surface area (Å²) >= 11 is 6.54. The number of halogens is 4. The zero-order chi connectivity index (χ0) is 12.2. The molecule has 0 aliphatic heterocycles. The fourth-order valence-corrected chi connectivity index (χ4v) is 2.06.